The molecule has 0 bridgehead atoms. The highest BCUT2D eigenvalue weighted by Crippen LogP contribution is 2.30. The molecule has 0 amide bonds. The Balaban J connectivity index is 2.10. The van der Waals surface area contributed by atoms with E-state index in [4.69, 9.17) is 0 Å². The molecule has 1 aliphatic rings. The van der Waals surface area contributed by atoms with Crippen LogP contribution in [-0.2, 0) is 4.79 Å². The van der Waals surface area contributed by atoms with Crippen LogP contribution in [0.3, 0.4) is 0 Å². The van der Waals surface area contributed by atoms with Crippen molar-refractivity contribution in [2.45, 2.75) is 25.7 Å². The molecule has 0 N–H and O–H groups in total. The summed E-state index contributed by atoms with van der Waals surface area (Å²) in [5.41, 5.74) is 2.26. The van der Waals surface area contributed by atoms with Crippen LogP contribution in [0.15, 0.2) is 40.4 Å². The average molecular weight is 336 g/mol. The van der Waals surface area contributed by atoms with Gasteiger partial charge in [-0.2, -0.15) is 0 Å². The van der Waals surface area contributed by atoms with E-state index in [-0.39, 0.29) is 11.8 Å². The Hall–Kier alpha value is -0.930. The van der Waals surface area contributed by atoms with Crippen molar-refractivity contribution in [3.05, 3.63) is 46.0 Å². The number of Topliss-reactive ketones (excluding diaryl/α,β-unsaturated/α-hetero) is 1. The fourth-order valence-corrected chi connectivity index (χ4v) is 3.23. The quantitative estimate of drug-likeness (QED) is 0.774. The second-order valence-corrected chi connectivity index (χ2v) is 6.81. The minimum absolute atomic E-state index is 0.186. The van der Waals surface area contributed by atoms with Crippen LogP contribution in [0.1, 0.15) is 31.2 Å². The van der Waals surface area contributed by atoms with Crippen LogP contribution in [0, 0.1) is 5.92 Å². The summed E-state index contributed by atoms with van der Waals surface area (Å²) in [6, 6.07) is 8.30. The first-order valence-corrected chi connectivity index (χ1v) is 7.91. The number of nitrogens with zero attached hydrogens (tertiary/aromatic N) is 1. The summed E-state index contributed by atoms with van der Waals surface area (Å²) < 4.78 is 1.09. The van der Waals surface area contributed by atoms with Gasteiger partial charge in [0.05, 0.1) is 0 Å². The van der Waals surface area contributed by atoms with Gasteiger partial charge >= 0.3 is 0 Å². The Morgan fingerprint density at radius 3 is 2.85 bits per heavy atom. The molecule has 1 aliphatic carbocycles. The molecule has 0 aromatic heterocycles. The van der Waals surface area contributed by atoms with Crippen molar-refractivity contribution in [3.8, 4) is 0 Å². The number of allylic oxidation sites excluding steroid dienone is 2. The van der Waals surface area contributed by atoms with Crippen molar-refractivity contribution in [1.82, 2.24) is 4.90 Å². The number of ketones is 1. The summed E-state index contributed by atoms with van der Waals surface area (Å²) in [7, 11) is 4.05. The lowest BCUT2D eigenvalue weighted by molar-refractivity contribution is -0.118. The maximum Gasteiger partial charge on any atom is 0.162 e. The molecule has 3 heteroatoms. The Labute approximate surface area is 130 Å². The number of carbonyl (C=O) groups excluding carboxylic acids is 1. The van der Waals surface area contributed by atoms with Crippen LogP contribution in [-0.4, -0.2) is 31.3 Å². The summed E-state index contributed by atoms with van der Waals surface area (Å²) in [5, 5.41) is 0. The van der Waals surface area contributed by atoms with E-state index in [1.807, 2.05) is 26.2 Å². The number of halogens is 1. The molecular weight excluding hydrogens is 314 g/mol. The van der Waals surface area contributed by atoms with E-state index in [9.17, 15) is 4.79 Å². The zero-order valence-electron chi connectivity index (χ0n) is 12.4. The molecule has 1 fully saturated rings. The highest BCUT2D eigenvalue weighted by Gasteiger charge is 2.29. The molecule has 1 aromatic carbocycles. The van der Waals surface area contributed by atoms with Gasteiger partial charge in [0.1, 0.15) is 0 Å². The van der Waals surface area contributed by atoms with Gasteiger partial charge in [-0.25, -0.2) is 0 Å². The Bertz CT molecular complexity index is 521. The lowest BCUT2D eigenvalue weighted by atomic mass is 9.97. The van der Waals surface area contributed by atoms with Crippen LogP contribution in [0.2, 0.25) is 0 Å². The van der Waals surface area contributed by atoms with Gasteiger partial charge in [-0.15, -0.1) is 0 Å². The molecule has 0 spiro atoms. The van der Waals surface area contributed by atoms with Crippen molar-refractivity contribution < 1.29 is 4.79 Å². The zero-order chi connectivity index (χ0) is 14.7. The molecule has 0 saturated heterocycles. The van der Waals surface area contributed by atoms with Gasteiger partial charge in [-0.3, -0.25) is 4.79 Å². The summed E-state index contributed by atoms with van der Waals surface area (Å²) in [6.45, 7) is 3.02. The monoisotopic (exact) mass is 335 g/mol. The van der Waals surface area contributed by atoms with Crippen molar-refractivity contribution in [1.29, 1.82) is 0 Å². The lowest BCUT2D eigenvalue weighted by Crippen LogP contribution is -2.24. The van der Waals surface area contributed by atoms with E-state index < -0.39 is 0 Å². The largest absolute Gasteiger partial charge is 0.309 e. The van der Waals surface area contributed by atoms with Gasteiger partial charge in [-0.1, -0.05) is 41.1 Å². The lowest BCUT2D eigenvalue weighted by Gasteiger charge is -2.14. The summed E-state index contributed by atoms with van der Waals surface area (Å²) in [5.74, 6) is 0.816. The van der Waals surface area contributed by atoms with Crippen LogP contribution in [0.4, 0.5) is 0 Å². The highest BCUT2D eigenvalue weighted by molar-refractivity contribution is 9.10. The zero-order valence-corrected chi connectivity index (χ0v) is 14.0. The number of carbonyl (C=O) groups is 1. The molecule has 0 aliphatic heterocycles. The van der Waals surface area contributed by atoms with Gasteiger partial charge in [-0.05, 0) is 56.1 Å². The smallest absolute Gasteiger partial charge is 0.162 e. The topological polar surface area (TPSA) is 20.3 Å². The second-order valence-electron chi connectivity index (χ2n) is 5.90. The van der Waals surface area contributed by atoms with E-state index in [1.165, 1.54) is 5.56 Å². The first-order valence-electron chi connectivity index (χ1n) is 7.12. The second kappa shape index (κ2) is 6.68. The van der Waals surface area contributed by atoms with Crippen molar-refractivity contribution in [3.63, 3.8) is 0 Å². The predicted molar refractivity (Wildman–Crippen MR) is 86.9 cm³/mol. The van der Waals surface area contributed by atoms with E-state index >= 15 is 0 Å². The van der Waals surface area contributed by atoms with Crippen LogP contribution < -0.4 is 0 Å². The number of hydrogen-bond acceptors (Lipinski definition) is 2. The summed E-state index contributed by atoms with van der Waals surface area (Å²) in [6.07, 6.45) is 4.07. The molecule has 1 saturated carbocycles. The molecule has 20 heavy (non-hydrogen) atoms. The molecule has 2 nitrogen and oxygen atoms in total. The van der Waals surface area contributed by atoms with E-state index in [0.717, 1.165) is 29.4 Å². The Morgan fingerprint density at radius 1 is 1.45 bits per heavy atom. The maximum absolute atomic E-state index is 12.4. The first kappa shape index (κ1) is 15.5. The normalized spacial score (nSPS) is 22.8. The molecule has 2 unspecified atom stereocenters. The molecule has 108 valence electrons. The third-order valence-electron chi connectivity index (χ3n) is 3.86. The fourth-order valence-electron chi connectivity index (χ4n) is 2.81. The summed E-state index contributed by atoms with van der Waals surface area (Å²) >= 11 is 3.50. The summed E-state index contributed by atoms with van der Waals surface area (Å²) in [4.78, 5) is 14.5. The minimum Gasteiger partial charge on any atom is -0.309 e. The van der Waals surface area contributed by atoms with E-state index in [0.29, 0.717) is 5.78 Å². The van der Waals surface area contributed by atoms with Crippen LogP contribution in [0.5, 0.6) is 0 Å². The van der Waals surface area contributed by atoms with Crippen molar-refractivity contribution >= 4 is 21.7 Å². The molecule has 1 aromatic rings. The van der Waals surface area contributed by atoms with Gasteiger partial charge in [0.2, 0.25) is 0 Å². The van der Waals surface area contributed by atoms with Crippen molar-refractivity contribution in [2.24, 2.45) is 5.92 Å². The Morgan fingerprint density at radius 2 is 2.20 bits per heavy atom. The number of benzene rings is 1. The Kier molecular flexibility index (Phi) is 5.17. The first-order chi connectivity index (χ1) is 9.47. The third-order valence-corrected chi connectivity index (χ3v) is 4.35. The molecule has 0 radical (unpaired) electrons. The van der Waals surface area contributed by atoms with Gasteiger partial charge in [0, 0.05) is 16.9 Å². The third kappa shape index (κ3) is 3.80. The van der Waals surface area contributed by atoms with E-state index in [2.05, 4.69) is 46.0 Å². The number of hydrogen-bond donors (Lipinski definition) is 0. The maximum atomic E-state index is 12.4. The van der Waals surface area contributed by atoms with Crippen LogP contribution in [0.25, 0.3) is 0 Å². The predicted octanol–water partition coefficient (Wildman–Crippen LogP) is 4.02. The van der Waals surface area contributed by atoms with Crippen molar-refractivity contribution in [2.75, 3.05) is 20.6 Å². The molecule has 2 atom stereocenters. The standard InChI is InChI=1S/C17H22BrNO/c1-12(13-5-4-6-16(18)10-13)9-14-7-8-15(17(14)20)11-19(2)3/h4-6,9-10,12,15H,7-8,11H2,1-3H3/b14-9-. The van der Waals surface area contributed by atoms with Gasteiger partial charge < -0.3 is 4.90 Å². The fraction of sp³-hybridized carbons (Fsp3) is 0.471. The highest BCUT2D eigenvalue weighted by atomic mass is 79.9. The number of rotatable bonds is 4. The van der Waals surface area contributed by atoms with E-state index in [1.54, 1.807) is 0 Å². The minimum atomic E-state index is 0.186. The molecule has 2 rings (SSSR count). The van der Waals surface area contributed by atoms with Gasteiger partial charge in [0.25, 0.3) is 0 Å². The SMILES string of the molecule is CC(/C=C1/CCC(CN(C)C)C1=O)c1cccc(Br)c1. The molecule has 0 heterocycles. The van der Waals surface area contributed by atoms with Crippen LogP contribution >= 0.6 is 15.9 Å². The average Bonchev–Trinajstić information content (AvgIpc) is 2.71. The molecular formula is C17H22BrNO. The van der Waals surface area contributed by atoms with Gasteiger partial charge in [0.15, 0.2) is 5.78 Å².